The van der Waals surface area contributed by atoms with E-state index in [0.29, 0.717) is 17.7 Å². The molecule has 0 saturated carbocycles. The van der Waals surface area contributed by atoms with Gasteiger partial charge in [-0.2, -0.15) is 0 Å². The molecule has 1 aromatic rings. The molecule has 102 valence electrons. The molecule has 0 aliphatic rings. The van der Waals surface area contributed by atoms with Crippen molar-refractivity contribution in [3.63, 3.8) is 0 Å². The molecule has 0 radical (unpaired) electrons. The lowest BCUT2D eigenvalue weighted by atomic mass is 10.1. The second-order valence-electron chi connectivity index (χ2n) is 5.64. The zero-order valence-electron chi connectivity index (χ0n) is 11.7. The number of benzene rings is 1. The SMILES string of the molecule is CC(C)CN(CC(C)C)c1cc(F)cc(CCl)c1. The third kappa shape index (κ3) is 4.85. The first-order valence-electron chi connectivity index (χ1n) is 6.52. The van der Waals surface area contributed by atoms with Crippen LogP contribution in [-0.4, -0.2) is 13.1 Å². The second kappa shape index (κ2) is 6.98. The highest BCUT2D eigenvalue weighted by molar-refractivity contribution is 6.17. The average Bonchev–Trinajstić information content (AvgIpc) is 2.26. The molecule has 0 amide bonds. The summed E-state index contributed by atoms with van der Waals surface area (Å²) in [5.74, 6) is 1.24. The van der Waals surface area contributed by atoms with Crippen molar-refractivity contribution in [1.29, 1.82) is 0 Å². The largest absolute Gasteiger partial charge is 0.371 e. The van der Waals surface area contributed by atoms with Crippen LogP contribution in [0.15, 0.2) is 18.2 Å². The Morgan fingerprint density at radius 3 is 2.06 bits per heavy atom. The van der Waals surface area contributed by atoms with Gasteiger partial charge < -0.3 is 4.90 Å². The van der Waals surface area contributed by atoms with Gasteiger partial charge in [-0.1, -0.05) is 27.7 Å². The standard InChI is InChI=1S/C15H23ClFN/c1-11(2)9-18(10-12(3)4)15-6-13(8-16)5-14(17)7-15/h5-7,11-12H,8-10H2,1-4H3. The van der Waals surface area contributed by atoms with Crippen LogP contribution in [0.3, 0.4) is 0 Å². The molecule has 1 nitrogen and oxygen atoms in total. The van der Waals surface area contributed by atoms with E-state index >= 15 is 0 Å². The highest BCUT2D eigenvalue weighted by atomic mass is 35.5. The maximum absolute atomic E-state index is 13.6. The Hall–Kier alpha value is -0.760. The van der Waals surface area contributed by atoms with Crippen LogP contribution < -0.4 is 4.90 Å². The monoisotopic (exact) mass is 271 g/mol. The summed E-state index contributed by atoms with van der Waals surface area (Å²) < 4.78 is 13.6. The Morgan fingerprint density at radius 1 is 1.06 bits per heavy atom. The first-order valence-corrected chi connectivity index (χ1v) is 7.06. The summed E-state index contributed by atoms with van der Waals surface area (Å²) >= 11 is 5.80. The van der Waals surface area contributed by atoms with Crippen LogP contribution in [0.1, 0.15) is 33.3 Å². The fourth-order valence-electron chi connectivity index (χ4n) is 2.06. The van der Waals surface area contributed by atoms with Crippen molar-refractivity contribution < 1.29 is 4.39 Å². The maximum atomic E-state index is 13.6. The highest BCUT2D eigenvalue weighted by Crippen LogP contribution is 2.22. The first kappa shape index (κ1) is 15.3. The van der Waals surface area contributed by atoms with Crippen molar-refractivity contribution in [3.05, 3.63) is 29.6 Å². The number of hydrogen-bond acceptors (Lipinski definition) is 1. The van der Waals surface area contributed by atoms with Gasteiger partial charge in [0.25, 0.3) is 0 Å². The molecule has 0 saturated heterocycles. The van der Waals surface area contributed by atoms with Crippen molar-refractivity contribution in [2.75, 3.05) is 18.0 Å². The normalized spacial score (nSPS) is 11.3. The zero-order valence-corrected chi connectivity index (χ0v) is 12.5. The van der Waals surface area contributed by atoms with Gasteiger partial charge >= 0.3 is 0 Å². The van der Waals surface area contributed by atoms with Gasteiger partial charge in [-0.05, 0) is 35.6 Å². The van der Waals surface area contributed by atoms with Crippen LogP contribution in [0.25, 0.3) is 0 Å². The number of anilines is 1. The minimum atomic E-state index is -0.208. The molecule has 0 atom stereocenters. The van der Waals surface area contributed by atoms with Crippen LogP contribution in [0.4, 0.5) is 10.1 Å². The molecular formula is C15H23ClFN. The van der Waals surface area contributed by atoms with Gasteiger partial charge in [0.15, 0.2) is 0 Å². The third-order valence-corrected chi connectivity index (χ3v) is 2.94. The number of hydrogen-bond donors (Lipinski definition) is 0. The summed E-state index contributed by atoms with van der Waals surface area (Å²) in [6.45, 7) is 10.6. The molecule has 18 heavy (non-hydrogen) atoms. The predicted molar refractivity (Wildman–Crippen MR) is 77.8 cm³/mol. The highest BCUT2D eigenvalue weighted by Gasteiger charge is 2.12. The van der Waals surface area contributed by atoms with E-state index in [2.05, 4.69) is 32.6 Å². The maximum Gasteiger partial charge on any atom is 0.125 e. The van der Waals surface area contributed by atoms with Gasteiger partial charge in [-0.15, -0.1) is 11.6 Å². The molecule has 0 heterocycles. The van der Waals surface area contributed by atoms with E-state index in [1.165, 1.54) is 6.07 Å². The van der Waals surface area contributed by atoms with Gasteiger partial charge in [0.1, 0.15) is 5.82 Å². The zero-order chi connectivity index (χ0) is 13.7. The molecule has 0 spiro atoms. The fourth-order valence-corrected chi connectivity index (χ4v) is 2.21. The molecule has 0 aliphatic carbocycles. The lowest BCUT2D eigenvalue weighted by molar-refractivity contribution is 0.550. The molecule has 0 N–H and O–H groups in total. The van der Waals surface area contributed by atoms with Crippen LogP contribution in [0.2, 0.25) is 0 Å². The molecule has 0 aliphatic heterocycles. The minimum absolute atomic E-state index is 0.208. The van der Waals surface area contributed by atoms with Crippen LogP contribution in [-0.2, 0) is 5.88 Å². The van der Waals surface area contributed by atoms with Crippen LogP contribution in [0.5, 0.6) is 0 Å². The first-order chi connectivity index (χ1) is 8.42. The van der Waals surface area contributed by atoms with Crippen molar-refractivity contribution in [2.24, 2.45) is 11.8 Å². The van der Waals surface area contributed by atoms with Gasteiger partial charge in [0.2, 0.25) is 0 Å². The van der Waals surface area contributed by atoms with E-state index in [1.54, 1.807) is 6.07 Å². The number of alkyl halides is 1. The topological polar surface area (TPSA) is 3.24 Å². The Balaban J connectivity index is 2.99. The van der Waals surface area contributed by atoms with Crippen molar-refractivity contribution in [3.8, 4) is 0 Å². The van der Waals surface area contributed by atoms with E-state index in [0.717, 1.165) is 24.3 Å². The number of halogens is 2. The summed E-state index contributed by atoms with van der Waals surface area (Å²) in [7, 11) is 0. The van der Waals surface area contributed by atoms with E-state index in [1.807, 2.05) is 6.07 Å². The van der Waals surface area contributed by atoms with Crippen molar-refractivity contribution >= 4 is 17.3 Å². The second-order valence-corrected chi connectivity index (χ2v) is 5.91. The molecule has 0 fully saturated rings. The van der Waals surface area contributed by atoms with E-state index in [9.17, 15) is 4.39 Å². The third-order valence-electron chi connectivity index (χ3n) is 2.63. The Labute approximate surface area is 115 Å². The molecule has 1 aromatic carbocycles. The quantitative estimate of drug-likeness (QED) is 0.679. The molecule has 3 heteroatoms. The molecule has 0 unspecified atom stereocenters. The van der Waals surface area contributed by atoms with Crippen molar-refractivity contribution in [2.45, 2.75) is 33.6 Å². The van der Waals surface area contributed by atoms with Gasteiger partial charge in [0, 0.05) is 24.7 Å². The van der Waals surface area contributed by atoms with Gasteiger partial charge in [-0.25, -0.2) is 4.39 Å². The van der Waals surface area contributed by atoms with E-state index in [4.69, 9.17) is 11.6 Å². The predicted octanol–water partition coefficient (Wildman–Crippen LogP) is 4.68. The molecular weight excluding hydrogens is 249 g/mol. The van der Waals surface area contributed by atoms with E-state index < -0.39 is 0 Å². The van der Waals surface area contributed by atoms with E-state index in [-0.39, 0.29) is 5.82 Å². The summed E-state index contributed by atoms with van der Waals surface area (Å²) in [6.07, 6.45) is 0. The number of rotatable bonds is 6. The molecule has 0 aromatic heterocycles. The van der Waals surface area contributed by atoms with Crippen molar-refractivity contribution in [1.82, 2.24) is 0 Å². The minimum Gasteiger partial charge on any atom is -0.371 e. The Kier molecular flexibility index (Phi) is 5.94. The molecule has 1 rings (SSSR count). The Bertz CT molecular complexity index is 367. The van der Waals surface area contributed by atoms with Crippen LogP contribution >= 0.6 is 11.6 Å². The Morgan fingerprint density at radius 2 is 1.61 bits per heavy atom. The summed E-state index contributed by atoms with van der Waals surface area (Å²) in [5, 5.41) is 0. The smallest absolute Gasteiger partial charge is 0.125 e. The summed E-state index contributed by atoms with van der Waals surface area (Å²) in [6, 6.07) is 5.08. The summed E-state index contributed by atoms with van der Waals surface area (Å²) in [5.41, 5.74) is 1.78. The lowest BCUT2D eigenvalue weighted by Crippen LogP contribution is -2.31. The summed E-state index contributed by atoms with van der Waals surface area (Å²) in [4.78, 5) is 2.24. The van der Waals surface area contributed by atoms with Crippen LogP contribution in [0, 0.1) is 17.7 Å². The van der Waals surface area contributed by atoms with Gasteiger partial charge in [0.05, 0.1) is 0 Å². The lowest BCUT2D eigenvalue weighted by Gasteiger charge is -2.29. The fraction of sp³-hybridized carbons (Fsp3) is 0.600. The van der Waals surface area contributed by atoms with Gasteiger partial charge in [-0.3, -0.25) is 0 Å². The number of nitrogens with zero attached hydrogens (tertiary/aromatic N) is 1. The molecule has 0 bridgehead atoms. The average molecular weight is 272 g/mol.